The average molecular weight is 334 g/mol. The summed E-state index contributed by atoms with van der Waals surface area (Å²) in [7, 11) is 0. The van der Waals surface area contributed by atoms with E-state index in [1.165, 1.54) is 19.3 Å². The molecule has 24 heavy (non-hydrogen) atoms. The third-order valence-electron chi connectivity index (χ3n) is 5.77. The Morgan fingerprint density at radius 3 is 2.83 bits per heavy atom. The van der Waals surface area contributed by atoms with Crippen molar-refractivity contribution in [2.24, 2.45) is 5.92 Å². The number of hydrogen-bond donors (Lipinski definition) is 0. The summed E-state index contributed by atoms with van der Waals surface area (Å²) in [6.45, 7) is 4.81. The highest BCUT2D eigenvalue weighted by Gasteiger charge is 2.44. The summed E-state index contributed by atoms with van der Waals surface area (Å²) < 4.78 is 17.3. The van der Waals surface area contributed by atoms with E-state index in [9.17, 15) is 4.79 Å². The van der Waals surface area contributed by atoms with Crippen molar-refractivity contribution in [2.45, 2.75) is 57.2 Å². The van der Waals surface area contributed by atoms with Crippen LogP contribution in [0.25, 0.3) is 0 Å². The van der Waals surface area contributed by atoms with E-state index in [1.54, 1.807) is 6.07 Å². The van der Waals surface area contributed by atoms with Gasteiger partial charge in [-0.25, -0.2) is 0 Å². The van der Waals surface area contributed by atoms with Crippen LogP contribution in [-0.4, -0.2) is 54.0 Å². The summed E-state index contributed by atoms with van der Waals surface area (Å²) in [6, 6.07) is 1.70. The van der Waals surface area contributed by atoms with Crippen LogP contribution in [-0.2, 0) is 9.47 Å². The molecule has 0 aromatic carbocycles. The van der Waals surface area contributed by atoms with Crippen molar-refractivity contribution in [1.82, 2.24) is 10.1 Å². The first kappa shape index (κ1) is 16.1. The number of amides is 1. The highest BCUT2D eigenvalue weighted by atomic mass is 16.6. The molecule has 6 nitrogen and oxygen atoms in total. The number of aryl methyl sites for hydroxylation is 1. The van der Waals surface area contributed by atoms with E-state index < -0.39 is 0 Å². The molecule has 6 heteroatoms. The van der Waals surface area contributed by atoms with Crippen molar-refractivity contribution >= 4 is 5.91 Å². The molecule has 0 bridgehead atoms. The molecular formula is C18H26N2O4. The number of aromatic nitrogens is 1. The predicted molar refractivity (Wildman–Crippen MR) is 86.8 cm³/mol. The van der Waals surface area contributed by atoms with E-state index in [0.717, 1.165) is 37.5 Å². The van der Waals surface area contributed by atoms with Gasteiger partial charge in [0.1, 0.15) is 0 Å². The summed E-state index contributed by atoms with van der Waals surface area (Å²) in [6.07, 6.45) is 6.92. The molecule has 1 aliphatic carbocycles. The average Bonchev–Trinajstić information content (AvgIpc) is 3.13. The molecule has 0 N–H and O–H groups in total. The summed E-state index contributed by atoms with van der Waals surface area (Å²) >= 11 is 0. The van der Waals surface area contributed by atoms with E-state index in [4.69, 9.17) is 14.0 Å². The molecule has 1 saturated carbocycles. The number of nitrogens with zero attached hydrogens (tertiary/aromatic N) is 2. The minimum absolute atomic E-state index is 0.0683. The van der Waals surface area contributed by atoms with Crippen molar-refractivity contribution < 1.29 is 18.8 Å². The van der Waals surface area contributed by atoms with Crippen molar-refractivity contribution in [1.29, 1.82) is 0 Å². The number of likely N-dealkylation sites (tertiary alicyclic amines) is 1. The van der Waals surface area contributed by atoms with Gasteiger partial charge in [-0.3, -0.25) is 4.79 Å². The minimum Gasteiger partial charge on any atom is -0.375 e. The third kappa shape index (κ3) is 3.22. The van der Waals surface area contributed by atoms with Gasteiger partial charge in [-0.05, 0) is 38.5 Å². The van der Waals surface area contributed by atoms with Gasteiger partial charge in [0, 0.05) is 32.2 Å². The second kappa shape index (κ2) is 6.48. The maximum Gasteiger partial charge on any atom is 0.292 e. The predicted octanol–water partition coefficient (Wildman–Crippen LogP) is 2.56. The second-order valence-electron chi connectivity index (χ2n) is 7.58. The van der Waals surface area contributed by atoms with Gasteiger partial charge in [0.05, 0.1) is 24.0 Å². The molecule has 1 spiro atoms. The zero-order valence-electron chi connectivity index (χ0n) is 14.3. The first-order valence-electron chi connectivity index (χ1n) is 9.12. The number of piperidine rings is 1. The molecule has 3 aliphatic rings. The largest absolute Gasteiger partial charge is 0.375 e. The van der Waals surface area contributed by atoms with Crippen LogP contribution in [0.15, 0.2) is 10.6 Å². The van der Waals surface area contributed by atoms with Crippen LogP contribution >= 0.6 is 0 Å². The monoisotopic (exact) mass is 334 g/mol. The SMILES string of the molecule is Cc1cc(C(=O)N2CCC3(CC2)C[C@@H](OCC2CCC2)CO3)on1. The van der Waals surface area contributed by atoms with Gasteiger partial charge in [-0.2, -0.15) is 0 Å². The van der Waals surface area contributed by atoms with Crippen LogP contribution in [0.4, 0.5) is 0 Å². The van der Waals surface area contributed by atoms with Gasteiger partial charge in [-0.1, -0.05) is 11.6 Å². The Balaban J connectivity index is 1.27. The molecule has 132 valence electrons. The standard InChI is InChI=1S/C18H26N2O4/c1-13-9-16(24-19-13)17(21)20-7-5-18(6-8-20)10-15(12-23-18)22-11-14-3-2-4-14/h9,14-15H,2-8,10-12H2,1H3/t15-/m1/s1. The number of ether oxygens (including phenoxy) is 2. The summed E-state index contributed by atoms with van der Waals surface area (Å²) in [5, 5.41) is 3.80. The highest BCUT2D eigenvalue weighted by Crippen LogP contribution is 2.38. The van der Waals surface area contributed by atoms with Gasteiger partial charge in [0.2, 0.25) is 5.76 Å². The molecule has 0 radical (unpaired) electrons. The van der Waals surface area contributed by atoms with Crippen molar-refractivity contribution in [2.75, 3.05) is 26.3 Å². The first-order chi connectivity index (χ1) is 11.6. The van der Waals surface area contributed by atoms with Crippen molar-refractivity contribution in [3.8, 4) is 0 Å². The van der Waals surface area contributed by atoms with Gasteiger partial charge in [0.15, 0.2) is 0 Å². The quantitative estimate of drug-likeness (QED) is 0.847. The summed E-state index contributed by atoms with van der Waals surface area (Å²) in [5.41, 5.74) is 0.635. The van der Waals surface area contributed by atoms with Crippen LogP contribution < -0.4 is 0 Å². The minimum atomic E-state index is -0.0988. The number of carbonyl (C=O) groups is 1. The summed E-state index contributed by atoms with van der Waals surface area (Å²) in [4.78, 5) is 14.3. The topological polar surface area (TPSA) is 64.8 Å². The lowest BCUT2D eigenvalue weighted by Crippen LogP contribution is -2.46. The van der Waals surface area contributed by atoms with Gasteiger partial charge in [-0.15, -0.1) is 0 Å². The van der Waals surface area contributed by atoms with Crippen LogP contribution in [0.1, 0.15) is 54.8 Å². The molecule has 4 rings (SSSR count). The Morgan fingerprint density at radius 2 is 2.21 bits per heavy atom. The molecule has 1 atom stereocenters. The fraction of sp³-hybridized carbons (Fsp3) is 0.778. The molecule has 2 saturated heterocycles. The van der Waals surface area contributed by atoms with Crippen LogP contribution in [0.5, 0.6) is 0 Å². The van der Waals surface area contributed by atoms with E-state index in [0.29, 0.717) is 25.5 Å². The van der Waals surface area contributed by atoms with Crippen LogP contribution in [0, 0.1) is 12.8 Å². The Kier molecular flexibility index (Phi) is 4.35. The third-order valence-corrected chi connectivity index (χ3v) is 5.77. The van der Waals surface area contributed by atoms with Crippen LogP contribution in [0.2, 0.25) is 0 Å². The Bertz CT molecular complexity index is 588. The maximum absolute atomic E-state index is 12.4. The second-order valence-corrected chi connectivity index (χ2v) is 7.58. The van der Waals surface area contributed by atoms with E-state index >= 15 is 0 Å². The number of carbonyl (C=O) groups excluding carboxylic acids is 1. The molecule has 1 aromatic rings. The van der Waals surface area contributed by atoms with E-state index in [-0.39, 0.29) is 17.6 Å². The highest BCUT2D eigenvalue weighted by molar-refractivity contribution is 5.91. The zero-order valence-corrected chi connectivity index (χ0v) is 14.3. The lowest BCUT2D eigenvalue weighted by molar-refractivity contribution is -0.0424. The lowest BCUT2D eigenvalue weighted by atomic mass is 9.86. The van der Waals surface area contributed by atoms with E-state index in [2.05, 4.69) is 5.16 Å². The molecule has 1 amide bonds. The molecule has 3 heterocycles. The van der Waals surface area contributed by atoms with Crippen molar-refractivity contribution in [3.63, 3.8) is 0 Å². The number of rotatable bonds is 4. The zero-order chi connectivity index (χ0) is 16.6. The lowest BCUT2D eigenvalue weighted by Gasteiger charge is -2.38. The molecule has 1 aromatic heterocycles. The van der Waals surface area contributed by atoms with Crippen molar-refractivity contribution in [3.05, 3.63) is 17.5 Å². The Hall–Kier alpha value is -1.40. The van der Waals surface area contributed by atoms with E-state index in [1.807, 2.05) is 11.8 Å². The van der Waals surface area contributed by atoms with Gasteiger partial charge < -0.3 is 18.9 Å². The fourth-order valence-corrected chi connectivity index (χ4v) is 3.93. The molecule has 0 unspecified atom stereocenters. The smallest absolute Gasteiger partial charge is 0.292 e. The van der Waals surface area contributed by atoms with Crippen LogP contribution in [0.3, 0.4) is 0 Å². The Labute approximate surface area is 142 Å². The normalized spacial score (nSPS) is 26.7. The number of hydrogen-bond acceptors (Lipinski definition) is 5. The molecular weight excluding hydrogens is 308 g/mol. The molecule has 2 aliphatic heterocycles. The maximum atomic E-state index is 12.4. The first-order valence-corrected chi connectivity index (χ1v) is 9.12. The Morgan fingerprint density at radius 1 is 1.42 bits per heavy atom. The molecule has 3 fully saturated rings. The summed E-state index contributed by atoms with van der Waals surface area (Å²) in [5.74, 6) is 1.03. The fourth-order valence-electron chi connectivity index (χ4n) is 3.93. The van der Waals surface area contributed by atoms with Gasteiger partial charge in [0.25, 0.3) is 5.91 Å². The van der Waals surface area contributed by atoms with Gasteiger partial charge >= 0.3 is 0 Å².